The highest BCUT2D eigenvalue weighted by atomic mass is 32.1. The van der Waals surface area contributed by atoms with Crippen LogP contribution in [0.3, 0.4) is 0 Å². The molecule has 0 spiro atoms. The van der Waals surface area contributed by atoms with E-state index in [4.69, 9.17) is 0 Å². The Bertz CT molecular complexity index is 284. The fourth-order valence-electron chi connectivity index (χ4n) is 1.75. The summed E-state index contributed by atoms with van der Waals surface area (Å²) < 4.78 is 0. The highest BCUT2D eigenvalue weighted by molar-refractivity contribution is 7.80. The van der Waals surface area contributed by atoms with E-state index in [1.54, 1.807) is 0 Å². The molecule has 0 amide bonds. The third-order valence-corrected chi connectivity index (χ3v) is 2.63. The van der Waals surface area contributed by atoms with Crippen LogP contribution in [0.25, 0.3) is 0 Å². The van der Waals surface area contributed by atoms with Crippen molar-refractivity contribution in [2.75, 3.05) is 17.6 Å². The van der Waals surface area contributed by atoms with Crippen molar-refractivity contribution < 1.29 is 0 Å². The van der Waals surface area contributed by atoms with E-state index in [0.29, 0.717) is 0 Å². The Labute approximate surface area is 92.3 Å². The lowest BCUT2D eigenvalue weighted by atomic mass is 10.1. The third-order valence-electron chi connectivity index (χ3n) is 2.31. The summed E-state index contributed by atoms with van der Waals surface area (Å²) in [4.78, 5) is 0. The summed E-state index contributed by atoms with van der Waals surface area (Å²) in [5, 5.41) is 3.46. The summed E-state index contributed by atoms with van der Waals surface area (Å²) in [6.45, 7) is 7.46. The standard InChI is InChI=1S/C12H19NS/c1-9-7-10(2)12(11(3)8-9)13-5-4-6-14/h7-8,13-14H,4-6H2,1-3H3. The van der Waals surface area contributed by atoms with Crippen molar-refractivity contribution in [3.63, 3.8) is 0 Å². The van der Waals surface area contributed by atoms with Crippen LogP contribution in [-0.4, -0.2) is 12.3 Å². The first-order valence-corrected chi connectivity index (χ1v) is 5.71. The SMILES string of the molecule is Cc1cc(C)c(NCCCS)c(C)c1. The molecule has 0 atom stereocenters. The van der Waals surface area contributed by atoms with E-state index in [2.05, 4.69) is 50.8 Å². The molecule has 0 fully saturated rings. The van der Waals surface area contributed by atoms with Gasteiger partial charge >= 0.3 is 0 Å². The second-order valence-corrected chi connectivity index (χ2v) is 4.22. The Balaban J connectivity index is 2.75. The van der Waals surface area contributed by atoms with E-state index in [1.165, 1.54) is 22.4 Å². The van der Waals surface area contributed by atoms with Gasteiger partial charge in [0.2, 0.25) is 0 Å². The molecule has 0 aliphatic carbocycles. The normalized spacial score (nSPS) is 10.3. The number of aryl methyl sites for hydroxylation is 3. The molecule has 0 aromatic heterocycles. The average Bonchev–Trinajstić information content (AvgIpc) is 2.09. The van der Waals surface area contributed by atoms with Gasteiger partial charge < -0.3 is 5.32 Å². The fourth-order valence-corrected chi connectivity index (χ4v) is 1.91. The van der Waals surface area contributed by atoms with Gasteiger partial charge in [-0.3, -0.25) is 0 Å². The summed E-state index contributed by atoms with van der Waals surface area (Å²) in [7, 11) is 0. The molecule has 0 aliphatic rings. The largest absolute Gasteiger partial charge is 0.385 e. The third kappa shape index (κ3) is 2.95. The molecule has 1 rings (SSSR count). The highest BCUT2D eigenvalue weighted by Crippen LogP contribution is 2.21. The van der Waals surface area contributed by atoms with Crippen LogP contribution in [0.5, 0.6) is 0 Å². The van der Waals surface area contributed by atoms with E-state index in [0.717, 1.165) is 18.7 Å². The molecule has 0 saturated heterocycles. The maximum Gasteiger partial charge on any atom is 0.0399 e. The monoisotopic (exact) mass is 209 g/mol. The molecule has 0 heterocycles. The second-order valence-electron chi connectivity index (χ2n) is 3.78. The fraction of sp³-hybridized carbons (Fsp3) is 0.500. The maximum absolute atomic E-state index is 4.20. The molecule has 0 unspecified atom stereocenters. The van der Waals surface area contributed by atoms with Crippen molar-refractivity contribution in [2.24, 2.45) is 0 Å². The maximum atomic E-state index is 4.20. The van der Waals surface area contributed by atoms with Crippen LogP contribution < -0.4 is 5.32 Å². The molecule has 1 nitrogen and oxygen atoms in total. The first-order valence-electron chi connectivity index (χ1n) is 5.07. The molecule has 0 aliphatic heterocycles. The average molecular weight is 209 g/mol. The van der Waals surface area contributed by atoms with Crippen molar-refractivity contribution in [1.29, 1.82) is 0 Å². The molecular weight excluding hydrogens is 190 g/mol. The molecule has 1 aromatic carbocycles. The molecule has 14 heavy (non-hydrogen) atoms. The lowest BCUT2D eigenvalue weighted by Crippen LogP contribution is -2.05. The van der Waals surface area contributed by atoms with E-state index < -0.39 is 0 Å². The van der Waals surface area contributed by atoms with Gasteiger partial charge in [0.15, 0.2) is 0 Å². The van der Waals surface area contributed by atoms with Crippen molar-refractivity contribution in [1.82, 2.24) is 0 Å². The minimum atomic E-state index is 0.941. The molecule has 78 valence electrons. The number of hydrogen-bond donors (Lipinski definition) is 2. The van der Waals surface area contributed by atoms with Crippen molar-refractivity contribution in [3.8, 4) is 0 Å². The molecule has 1 N–H and O–H groups in total. The van der Waals surface area contributed by atoms with Gasteiger partial charge in [-0.25, -0.2) is 0 Å². The minimum Gasteiger partial charge on any atom is -0.385 e. The lowest BCUT2D eigenvalue weighted by molar-refractivity contribution is 0.989. The molecule has 0 saturated carbocycles. The topological polar surface area (TPSA) is 12.0 Å². The van der Waals surface area contributed by atoms with Gasteiger partial charge in [-0.05, 0) is 44.1 Å². The molecular formula is C12H19NS. The second kappa shape index (κ2) is 5.30. The van der Waals surface area contributed by atoms with Crippen LogP contribution in [0, 0.1) is 20.8 Å². The van der Waals surface area contributed by atoms with Crippen molar-refractivity contribution >= 4 is 18.3 Å². The summed E-state index contributed by atoms with van der Waals surface area (Å²) in [5.41, 5.74) is 5.29. The van der Waals surface area contributed by atoms with Crippen molar-refractivity contribution in [3.05, 3.63) is 28.8 Å². The van der Waals surface area contributed by atoms with Crippen LogP contribution in [0.15, 0.2) is 12.1 Å². The van der Waals surface area contributed by atoms with Crippen LogP contribution in [0.1, 0.15) is 23.1 Å². The van der Waals surface area contributed by atoms with Crippen LogP contribution >= 0.6 is 12.6 Å². The van der Waals surface area contributed by atoms with Gasteiger partial charge in [0.05, 0.1) is 0 Å². The number of thiol groups is 1. The Kier molecular flexibility index (Phi) is 4.33. The van der Waals surface area contributed by atoms with Crippen molar-refractivity contribution in [2.45, 2.75) is 27.2 Å². The number of nitrogens with one attached hydrogen (secondary N) is 1. The Morgan fingerprint density at radius 2 is 1.71 bits per heavy atom. The van der Waals surface area contributed by atoms with Gasteiger partial charge in [0, 0.05) is 12.2 Å². The predicted molar refractivity (Wildman–Crippen MR) is 67.6 cm³/mol. The predicted octanol–water partition coefficient (Wildman–Crippen LogP) is 3.34. The smallest absolute Gasteiger partial charge is 0.0399 e. The Morgan fingerprint density at radius 1 is 1.14 bits per heavy atom. The first-order chi connectivity index (χ1) is 6.65. The summed E-state index contributed by atoms with van der Waals surface area (Å²) in [6.07, 6.45) is 1.11. The van der Waals surface area contributed by atoms with Crippen LogP contribution in [0.4, 0.5) is 5.69 Å². The molecule has 1 aromatic rings. The van der Waals surface area contributed by atoms with E-state index >= 15 is 0 Å². The van der Waals surface area contributed by atoms with E-state index in [-0.39, 0.29) is 0 Å². The van der Waals surface area contributed by atoms with Gasteiger partial charge in [-0.2, -0.15) is 12.6 Å². The zero-order valence-corrected chi connectivity index (χ0v) is 10.1. The zero-order valence-electron chi connectivity index (χ0n) is 9.22. The Morgan fingerprint density at radius 3 is 2.21 bits per heavy atom. The number of hydrogen-bond acceptors (Lipinski definition) is 2. The molecule has 2 heteroatoms. The lowest BCUT2D eigenvalue weighted by Gasteiger charge is -2.13. The number of benzene rings is 1. The summed E-state index contributed by atoms with van der Waals surface area (Å²) in [5.74, 6) is 0.941. The first kappa shape index (κ1) is 11.4. The Hall–Kier alpha value is -0.630. The van der Waals surface area contributed by atoms with E-state index in [1.807, 2.05) is 0 Å². The van der Waals surface area contributed by atoms with Gasteiger partial charge in [-0.15, -0.1) is 0 Å². The van der Waals surface area contributed by atoms with Gasteiger partial charge in [0.1, 0.15) is 0 Å². The highest BCUT2D eigenvalue weighted by Gasteiger charge is 2.01. The number of anilines is 1. The molecule has 0 radical (unpaired) electrons. The number of rotatable bonds is 4. The van der Waals surface area contributed by atoms with Gasteiger partial charge in [0.25, 0.3) is 0 Å². The van der Waals surface area contributed by atoms with E-state index in [9.17, 15) is 0 Å². The minimum absolute atomic E-state index is 0.941. The van der Waals surface area contributed by atoms with Crippen LogP contribution in [-0.2, 0) is 0 Å². The molecule has 0 bridgehead atoms. The quantitative estimate of drug-likeness (QED) is 0.572. The zero-order chi connectivity index (χ0) is 10.6. The van der Waals surface area contributed by atoms with Crippen LogP contribution in [0.2, 0.25) is 0 Å². The summed E-state index contributed by atoms with van der Waals surface area (Å²) in [6, 6.07) is 4.44. The summed E-state index contributed by atoms with van der Waals surface area (Å²) >= 11 is 4.20. The van der Waals surface area contributed by atoms with Gasteiger partial charge in [-0.1, -0.05) is 17.7 Å².